The Balaban J connectivity index is 2.62. The lowest BCUT2D eigenvalue weighted by molar-refractivity contribution is 0.459. The van der Waals surface area contributed by atoms with Gasteiger partial charge in [0.05, 0.1) is 0 Å². The van der Waals surface area contributed by atoms with E-state index in [1.807, 2.05) is 13.0 Å². The molecule has 16 heavy (non-hydrogen) atoms. The highest BCUT2D eigenvalue weighted by Gasteiger charge is 2.09. The molecule has 0 saturated carbocycles. The van der Waals surface area contributed by atoms with Crippen LogP contribution < -0.4 is 0 Å². The van der Waals surface area contributed by atoms with E-state index in [0.29, 0.717) is 11.1 Å². The number of phenols is 3. The van der Waals surface area contributed by atoms with E-state index < -0.39 is 0 Å². The van der Waals surface area contributed by atoms with Gasteiger partial charge in [-0.05, 0) is 36.8 Å². The third kappa shape index (κ3) is 1.80. The zero-order valence-corrected chi connectivity index (χ0v) is 8.81. The number of benzene rings is 2. The zero-order valence-electron chi connectivity index (χ0n) is 8.81. The minimum absolute atomic E-state index is 0.0250. The van der Waals surface area contributed by atoms with Gasteiger partial charge in [-0.3, -0.25) is 0 Å². The number of hydrogen-bond donors (Lipinski definition) is 3. The first-order valence-corrected chi connectivity index (χ1v) is 4.90. The lowest BCUT2D eigenvalue weighted by Crippen LogP contribution is -1.82. The molecule has 3 heteroatoms. The molecule has 0 unspecified atom stereocenters. The summed E-state index contributed by atoms with van der Waals surface area (Å²) in [6.07, 6.45) is 0. The maximum Gasteiger partial charge on any atom is 0.123 e. The van der Waals surface area contributed by atoms with E-state index in [4.69, 9.17) is 0 Å². The predicted molar refractivity (Wildman–Crippen MR) is 61.6 cm³/mol. The molecule has 0 fully saturated rings. The molecule has 0 radical (unpaired) electrons. The van der Waals surface area contributed by atoms with Crippen LogP contribution in [-0.4, -0.2) is 15.3 Å². The summed E-state index contributed by atoms with van der Waals surface area (Å²) in [5, 5.41) is 28.8. The Bertz CT molecular complexity index is 533. The van der Waals surface area contributed by atoms with Crippen LogP contribution in [0.3, 0.4) is 0 Å². The second kappa shape index (κ2) is 3.77. The molecule has 3 nitrogen and oxygen atoms in total. The van der Waals surface area contributed by atoms with Gasteiger partial charge in [-0.2, -0.15) is 0 Å². The van der Waals surface area contributed by atoms with Gasteiger partial charge in [-0.1, -0.05) is 12.1 Å². The van der Waals surface area contributed by atoms with E-state index in [-0.39, 0.29) is 17.2 Å². The minimum Gasteiger partial charge on any atom is -0.508 e. The molecule has 0 amide bonds. The van der Waals surface area contributed by atoms with Gasteiger partial charge >= 0.3 is 0 Å². The van der Waals surface area contributed by atoms with Gasteiger partial charge in [-0.25, -0.2) is 0 Å². The molecular formula is C13H12O3. The van der Waals surface area contributed by atoms with E-state index in [0.717, 1.165) is 5.56 Å². The van der Waals surface area contributed by atoms with Gasteiger partial charge in [-0.15, -0.1) is 0 Å². The Morgan fingerprint density at radius 3 is 2.19 bits per heavy atom. The minimum atomic E-state index is 0.0250. The van der Waals surface area contributed by atoms with E-state index in [1.165, 1.54) is 18.2 Å². The lowest BCUT2D eigenvalue weighted by atomic mass is 10.0. The lowest BCUT2D eigenvalue weighted by Gasteiger charge is -2.08. The molecule has 0 bridgehead atoms. The van der Waals surface area contributed by atoms with Crippen molar-refractivity contribution in [1.82, 2.24) is 0 Å². The molecule has 82 valence electrons. The Morgan fingerprint density at radius 2 is 1.50 bits per heavy atom. The van der Waals surface area contributed by atoms with Crippen molar-refractivity contribution in [2.24, 2.45) is 0 Å². The average molecular weight is 216 g/mol. The summed E-state index contributed by atoms with van der Waals surface area (Å²) in [6.45, 7) is 1.87. The van der Waals surface area contributed by atoms with Crippen LogP contribution in [0.15, 0.2) is 36.4 Å². The van der Waals surface area contributed by atoms with Crippen molar-refractivity contribution in [3.63, 3.8) is 0 Å². The van der Waals surface area contributed by atoms with Crippen LogP contribution in [0, 0.1) is 6.92 Å². The summed E-state index contributed by atoms with van der Waals surface area (Å²) in [5.74, 6) is 0.158. The van der Waals surface area contributed by atoms with Crippen LogP contribution in [0.2, 0.25) is 0 Å². The van der Waals surface area contributed by atoms with Crippen LogP contribution in [-0.2, 0) is 0 Å². The highest BCUT2D eigenvalue weighted by Crippen LogP contribution is 2.37. The summed E-state index contributed by atoms with van der Waals surface area (Å²) in [6, 6.07) is 9.35. The van der Waals surface area contributed by atoms with Crippen LogP contribution in [0.4, 0.5) is 0 Å². The molecule has 0 aliphatic rings. The summed E-state index contributed by atoms with van der Waals surface area (Å²) in [4.78, 5) is 0. The fraction of sp³-hybridized carbons (Fsp3) is 0.0769. The molecule has 0 aliphatic carbocycles. The van der Waals surface area contributed by atoms with Crippen LogP contribution in [0.5, 0.6) is 17.2 Å². The first kappa shape index (κ1) is 10.4. The average Bonchev–Trinajstić information content (AvgIpc) is 2.22. The van der Waals surface area contributed by atoms with E-state index in [9.17, 15) is 15.3 Å². The van der Waals surface area contributed by atoms with Crippen molar-refractivity contribution < 1.29 is 15.3 Å². The fourth-order valence-electron chi connectivity index (χ4n) is 1.61. The molecule has 2 aromatic rings. The Morgan fingerprint density at radius 1 is 0.750 bits per heavy atom. The molecule has 0 heterocycles. The largest absolute Gasteiger partial charge is 0.508 e. The molecule has 0 aromatic heterocycles. The monoisotopic (exact) mass is 216 g/mol. The molecule has 0 saturated heterocycles. The van der Waals surface area contributed by atoms with E-state index in [2.05, 4.69) is 0 Å². The standard InChI is InChI=1S/C13H12O3/c1-8-2-4-10(13(16)6-8)11-7-9(14)3-5-12(11)15/h2-7,14-16H,1H3. The van der Waals surface area contributed by atoms with Gasteiger partial charge in [0.1, 0.15) is 17.2 Å². The van der Waals surface area contributed by atoms with Crippen LogP contribution in [0.25, 0.3) is 11.1 Å². The van der Waals surface area contributed by atoms with Crippen molar-refractivity contribution in [2.45, 2.75) is 6.92 Å². The first-order chi connectivity index (χ1) is 7.58. The second-order valence-electron chi connectivity index (χ2n) is 3.72. The van der Waals surface area contributed by atoms with Gasteiger partial charge < -0.3 is 15.3 Å². The van der Waals surface area contributed by atoms with Crippen molar-refractivity contribution in [2.75, 3.05) is 0 Å². The normalized spacial score (nSPS) is 10.3. The maximum atomic E-state index is 9.77. The topological polar surface area (TPSA) is 60.7 Å². The molecule has 0 atom stereocenters. The molecule has 3 N–H and O–H groups in total. The Hall–Kier alpha value is -2.16. The number of hydrogen-bond acceptors (Lipinski definition) is 3. The molecule has 2 aromatic carbocycles. The molecule has 0 aliphatic heterocycles. The fourth-order valence-corrected chi connectivity index (χ4v) is 1.61. The van der Waals surface area contributed by atoms with Gasteiger partial charge in [0, 0.05) is 11.1 Å². The van der Waals surface area contributed by atoms with Gasteiger partial charge in [0.25, 0.3) is 0 Å². The van der Waals surface area contributed by atoms with Crippen LogP contribution in [0.1, 0.15) is 5.56 Å². The predicted octanol–water partition coefficient (Wildman–Crippen LogP) is 2.78. The zero-order chi connectivity index (χ0) is 11.7. The number of aromatic hydroxyl groups is 3. The van der Waals surface area contributed by atoms with Crippen molar-refractivity contribution in [3.05, 3.63) is 42.0 Å². The molecule has 0 spiro atoms. The quantitative estimate of drug-likeness (QED) is 0.642. The first-order valence-electron chi connectivity index (χ1n) is 4.90. The van der Waals surface area contributed by atoms with Gasteiger partial charge in [0.15, 0.2) is 0 Å². The summed E-state index contributed by atoms with van der Waals surface area (Å²) >= 11 is 0. The summed E-state index contributed by atoms with van der Waals surface area (Å²) < 4.78 is 0. The number of rotatable bonds is 1. The van der Waals surface area contributed by atoms with E-state index in [1.54, 1.807) is 12.1 Å². The number of phenolic OH excluding ortho intramolecular Hbond substituents is 3. The third-order valence-corrected chi connectivity index (χ3v) is 2.42. The Labute approximate surface area is 93.2 Å². The maximum absolute atomic E-state index is 9.77. The molecular weight excluding hydrogens is 204 g/mol. The highest BCUT2D eigenvalue weighted by atomic mass is 16.3. The Kier molecular flexibility index (Phi) is 2.44. The SMILES string of the molecule is Cc1ccc(-c2cc(O)ccc2O)c(O)c1. The summed E-state index contributed by atoms with van der Waals surface area (Å²) in [5.41, 5.74) is 1.84. The number of aryl methyl sites for hydroxylation is 1. The van der Waals surface area contributed by atoms with Crippen LogP contribution >= 0.6 is 0 Å². The van der Waals surface area contributed by atoms with E-state index >= 15 is 0 Å². The van der Waals surface area contributed by atoms with Crippen molar-refractivity contribution in [1.29, 1.82) is 0 Å². The second-order valence-corrected chi connectivity index (χ2v) is 3.72. The smallest absolute Gasteiger partial charge is 0.123 e. The highest BCUT2D eigenvalue weighted by molar-refractivity contribution is 5.76. The van der Waals surface area contributed by atoms with Crippen molar-refractivity contribution >= 4 is 0 Å². The third-order valence-electron chi connectivity index (χ3n) is 2.42. The molecule has 2 rings (SSSR count). The summed E-state index contributed by atoms with van der Waals surface area (Å²) in [7, 11) is 0. The van der Waals surface area contributed by atoms with Gasteiger partial charge in [0.2, 0.25) is 0 Å². The van der Waals surface area contributed by atoms with Crippen molar-refractivity contribution in [3.8, 4) is 28.4 Å².